The van der Waals surface area contributed by atoms with Gasteiger partial charge in [-0.1, -0.05) is 0 Å². The maximum absolute atomic E-state index is 14.4. The molecule has 1 amide bonds. The Labute approximate surface area is 225 Å². The van der Waals surface area contributed by atoms with Crippen molar-refractivity contribution in [1.82, 2.24) is 14.7 Å². The summed E-state index contributed by atoms with van der Waals surface area (Å²) in [5.41, 5.74) is 8.11. The number of carbonyl (C=O) groups is 1. The summed E-state index contributed by atoms with van der Waals surface area (Å²) in [5.74, 6) is 0.578. The Bertz CT molecular complexity index is 1310. The van der Waals surface area contributed by atoms with Crippen molar-refractivity contribution in [1.29, 1.82) is 0 Å². The van der Waals surface area contributed by atoms with Crippen molar-refractivity contribution in [3.63, 3.8) is 0 Å². The molecule has 1 fully saturated rings. The van der Waals surface area contributed by atoms with Crippen LogP contribution in [0.15, 0.2) is 23.3 Å². The maximum Gasteiger partial charge on any atom is 0.417 e. The van der Waals surface area contributed by atoms with E-state index >= 15 is 0 Å². The minimum absolute atomic E-state index is 0.0273. The first-order valence-electron chi connectivity index (χ1n) is 13.2. The number of anilines is 3. The summed E-state index contributed by atoms with van der Waals surface area (Å²) < 4.78 is 50.9. The largest absolute Gasteiger partial charge is 0.417 e. The Morgan fingerprint density at radius 3 is 2.56 bits per heavy atom. The minimum Gasteiger partial charge on any atom is -0.404 e. The third-order valence-corrected chi connectivity index (χ3v) is 7.84. The molecule has 0 aliphatic carbocycles. The average molecular weight is 546 g/mol. The lowest BCUT2D eigenvalue weighted by Crippen LogP contribution is -2.39. The van der Waals surface area contributed by atoms with Crippen LogP contribution in [0.3, 0.4) is 0 Å². The summed E-state index contributed by atoms with van der Waals surface area (Å²) in [6.45, 7) is 4.82. The van der Waals surface area contributed by atoms with E-state index in [9.17, 15) is 18.0 Å². The number of aromatic nitrogens is 2. The molecule has 3 aliphatic heterocycles. The third-order valence-electron chi connectivity index (χ3n) is 7.84. The Morgan fingerprint density at radius 1 is 1.18 bits per heavy atom. The summed E-state index contributed by atoms with van der Waals surface area (Å²) in [7, 11) is 3.35. The number of rotatable bonds is 4. The fourth-order valence-corrected chi connectivity index (χ4v) is 5.77. The zero-order valence-corrected chi connectivity index (χ0v) is 22.5. The predicted octanol–water partition coefficient (Wildman–Crippen LogP) is 3.75. The van der Waals surface area contributed by atoms with Gasteiger partial charge in [0, 0.05) is 89.5 Å². The number of fused-ring (bicyclic) bond motifs is 2. The van der Waals surface area contributed by atoms with Gasteiger partial charge in [-0.25, -0.2) is 0 Å². The molecule has 0 atom stereocenters. The van der Waals surface area contributed by atoms with Gasteiger partial charge in [0.2, 0.25) is 5.91 Å². The van der Waals surface area contributed by atoms with Crippen LogP contribution in [0.1, 0.15) is 48.2 Å². The van der Waals surface area contributed by atoms with Crippen LogP contribution in [0, 0.1) is 0 Å². The van der Waals surface area contributed by atoms with Gasteiger partial charge in [0.15, 0.2) is 5.82 Å². The molecule has 2 aromatic rings. The topological polar surface area (TPSA) is 92.2 Å². The van der Waals surface area contributed by atoms with Gasteiger partial charge in [-0.2, -0.15) is 18.3 Å². The minimum atomic E-state index is -4.62. The number of benzene rings is 1. The number of nitrogens with two attached hydrogens (primary N) is 1. The zero-order chi connectivity index (χ0) is 27.9. The van der Waals surface area contributed by atoms with Gasteiger partial charge in [0.05, 0.1) is 29.5 Å². The SMILES string of the molecule is CN=CC(=CN)c1cc2c(cc1C(F)(F)F)N(c1nn(C3CCOCC3)c3c1CN(C(C)=O)CC3)CCN2C. The second kappa shape index (κ2) is 10.6. The Morgan fingerprint density at radius 2 is 1.92 bits per heavy atom. The molecule has 3 aliphatic rings. The molecule has 12 heteroatoms. The number of likely N-dealkylation sites (N-methyl/N-ethyl adjacent to an activating group) is 1. The molecule has 1 aromatic carbocycles. The van der Waals surface area contributed by atoms with Crippen molar-refractivity contribution in [2.45, 2.75) is 44.9 Å². The van der Waals surface area contributed by atoms with Crippen molar-refractivity contribution in [3.05, 3.63) is 40.7 Å². The summed E-state index contributed by atoms with van der Waals surface area (Å²) >= 11 is 0. The fourth-order valence-electron chi connectivity index (χ4n) is 5.77. The van der Waals surface area contributed by atoms with Crippen LogP contribution in [0.4, 0.5) is 30.4 Å². The molecule has 2 N–H and O–H groups in total. The van der Waals surface area contributed by atoms with E-state index in [2.05, 4.69) is 9.67 Å². The van der Waals surface area contributed by atoms with Gasteiger partial charge >= 0.3 is 6.18 Å². The number of carbonyl (C=O) groups excluding carboxylic acids is 1. The first-order chi connectivity index (χ1) is 18.6. The van der Waals surface area contributed by atoms with Crippen LogP contribution >= 0.6 is 0 Å². The van der Waals surface area contributed by atoms with E-state index in [4.69, 9.17) is 15.6 Å². The van der Waals surface area contributed by atoms with Gasteiger partial charge in [0.25, 0.3) is 0 Å². The molecule has 1 saturated heterocycles. The van der Waals surface area contributed by atoms with Gasteiger partial charge in [-0.05, 0) is 30.5 Å². The number of halogens is 3. The van der Waals surface area contributed by atoms with Crippen molar-refractivity contribution in [3.8, 4) is 0 Å². The molecule has 4 heterocycles. The van der Waals surface area contributed by atoms with Gasteiger partial charge < -0.3 is 25.2 Å². The van der Waals surface area contributed by atoms with E-state index in [-0.39, 0.29) is 23.1 Å². The number of amides is 1. The molecular formula is C27H34F3N7O2. The number of allylic oxidation sites excluding steroid dienone is 1. The lowest BCUT2D eigenvalue weighted by atomic mass is 9.96. The highest BCUT2D eigenvalue weighted by molar-refractivity contribution is 6.11. The van der Waals surface area contributed by atoms with E-state index < -0.39 is 11.7 Å². The highest BCUT2D eigenvalue weighted by atomic mass is 19.4. The number of alkyl halides is 3. The Balaban J connectivity index is 1.68. The number of ether oxygens (including phenoxy) is 1. The fraction of sp³-hybridized carbons (Fsp3) is 0.519. The summed E-state index contributed by atoms with van der Waals surface area (Å²) in [6.07, 6.45) is 0.144. The Hall–Kier alpha value is -3.54. The van der Waals surface area contributed by atoms with Crippen molar-refractivity contribution in [2.75, 3.05) is 56.7 Å². The maximum atomic E-state index is 14.4. The first-order valence-corrected chi connectivity index (χ1v) is 13.2. The smallest absolute Gasteiger partial charge is 0.404 e. The molecule has 39 heavy (non-hydrogen) atoms. The standard InChI is InChI=1S/C27H34F3N7O2/c1-17(38)35-7-4-23-21(16-35)26(33-37(23)19-5-10-39-11-6-19)36-9-8-34(3)24-12-20(18(14-31)15-32-2)22(13-25(24)36)27(28,29)30/h12-15,19H,4-11,16,31H2,1-3H3. The van der Waals surface area contributed by atoms with E-state index in [1.807, 2.05) is 16.8 Å². The monoisotopic (exact) mass is 545 g/mol. The van der Waals surface area contributed by atoms with E-state index in [1.54, 1.807) is 4.90 Å². The van der Waals surface area contributed by atoms with Gasteiger partial charge in [0.1, 0.15) is 0 Å². The summed E-state index contributed by atoms with van der Waals surface area (Å²) in [5, 5.41) is 5.05. The van der Waals surface area contributed by atoms with Crippen LogP contribution in [-0.4, -0.2) is 73.7 Å². The molecule has 0 spiro atoms. The third kappa shape index (κ3) is 4.97. The molecular weight excluding hydrogens is 511 g/mol. The van der Waals surface area contributed by atoms with Crippen molar-refractivity contribution < 1.29 is 22.7 Å². The van der Waals surface area contributed by atoms with Crippen LogP contribution in [-0.2, 0) is 28.7 Å². The van der Waals surface area contributed by atoms with E-state index in [0.29, 0.717) is 63.0 Å². The highest BCUT2D eigenvalue weighted by Crippen LogP contribution is 2.46. The van der Waals surface area contributed by atoms with Crippen molar-refractivity contribution in [2.24, 2.45) is 10.7 Å². The first kappa shape index (κ1) is 27.0. The molecule has 210 valence electrons. The predicted molar refractivity (Wildman–Crippen MR) is 144 cm³/mol. The summed E-state index contributed by atoms with van der Waals surface area (Å²) in [6, 6.07) is 2.88. The van der Waals surface area contributed by atoms with E-state index in [0.717, 1.165) is 30.3 Å². The molecule has 5 rings (SSSR count). The highest BCUT2D eigenvalue weighted by Gasteiger charge is 2.39. The van der Waals surface area contributed by atoms with E-state index in [1.165, 1.54) is 32.3 Å². The molecule has 0 unspecified atom stereocenters. The molecule has 9 nitrogen and oxygen atoms in total. The van der Waals surface area contributed by atoms with Crippen LogP contribution in [0.25, 0.3) is 5.57 Å². The number of aliphatic imine (C=N–C) groups is 1. The number of hydrogen-bond donors (Lipinski definition) is 1. The number of hydrogen-bond acceptors (Lipinski definition) is 7. The number of nitrogens with zero attached hydrogens (tertiary/aromatic N) is 6. The van der Waals surface area contributed by atoms with Crippen LogP contribution in [0.2, 0.25) is 0 Å². The molecule has 0 bridgehead atoms. The lowest BCUT2D eigenvalue weighted by molar-refractivity contribution is -0.137. The molecule has 0 radical (unpaired) electrons. The lowest BCUT2D eigenvalue weighted by Gasteiger charge is -2.38. The zero-order valence-electron chi connectivity index (χ0n) is 22.5. The van der Waals surface area contributed by atoms with Crippen LogP contribution in [0.5, 0.6) is 0 Å². The average Bonchev–Trinajstić information content (AvgIpc) is 3.30. The van der Waals surface area contributed by atoms with Gasteiger partial charge in [-0.3, -0.25) is 14.5 Å². The summed E-state index contributed by atoms with van der Waals surface area (Å²) in [4.78, 5) is 21.8. The molecule has 0 saturated carbocycles. The Kier molecular flexibility index (Phi) is 7.32. The normalized spacial score (nSPS) is 19.0. The second-order valence-electron chi connectivity index (χ2n) is 10.2. The molecule has 1 aromatic heterocycles. The van der Waals surface area contributed by atoms with Crippen LogP contribution < -0.4 is 15.5 Å². The van der Waals surface area contributed by atoms with Crippen molar-refractivity contribution >= 4 is 34.9 Å². The second-order valence-corrected chi connectivity index (χ2v) is 10.2. The van der Waals surface area contributed by atoms with Gasteiger partial charge in [-0.15, -0.1) is 0 Å². The quantitative estimate of drug-likeness (QED) is 0.589.